The molecule has 0 saturated carbocycles. The van der Waals surface area contributed by atoms with Crippen LogP contribution in [0.1, 0.15) is 31.1 Å². The van der Waals surface area contributed by atoms with Gasteiger partial charge in [-0.2, -0.15) is 0 Å². The van der Waals surface area contributed by atoms with Crippen molar-refractivity contribution < 1.29 is 23.6 Å². The minimum absolute atomic E-state index is 0.132. The quantitative estimate of drug-likeness (QED) is 0.617. The second-order valence-corrected chi connectivity index (χ2v) is 6.97. The minimum atomic E-state index is -1.12. The van der Waals surface area contributed by atoms with Crippen LogP contribution in [0.15, 0.2) is 82.6 Å². The highest BCUT2D eigenvalue weighted by atomic mass is 32.2. The van der Waals surface area contributed by atoms with Crippen molar-refractivity contribution in [2.75, 3.05) is 0 Å². The van der Waals surface area contributed by atoms with Crippen molar-refractivity contribution in [3.63, 3.8) is 0 Å². The summed E-state index contributed by atoms with van der Waals surface area (Å²) in [5.74, 6) is -3.45. The van der Waals surface area contributed by atoms with Crippen molar-refractivity contribution >= 4 is 29.5 Å². The molecule has 5 nitrogen and oxygen atoms in total. The van der Waals surface area contributed by atoms with Crippen molar-refractivity contribution in [2.24, 2.45) is 0 Å². The number of rotatable bonds is 4. The molecule has 0 aromatic heterocycles. The number of hydrogen-bond acceptors (Lipinski definition) is 5. The van der Waals surface area contributed by atoms with E-state index in [1.807, 2.05) is 30.3 Å². The van der Waals surface area contributed by atoms with Gasteiger partial charge in [-0.3, -0.25) is 9.59 Å². The molecule has 1 aliphatic rings. The lowest BCUT2D eigenvalue weighted by atomic mass is 10.1. The van der Waals surface area contributed by atoms with Crippen molar-refractivity contribution in [2.45, 2.75) is 9.79 Å². The molecule has 3 aromatic carbocycles. The topological polar surface area (TPSA) is 63.7 Å². The van der Waals surface area contributed by atoms with E-state index in [0.717, 1.165) is 11.0 Å². The number of amides is 2. The first-order chi connectivity index (χ1) is 13.6. The molecule has 0 N–H and O–H groups in total. The standard InChI is InChI=1S/C21H12FNO4S/c22-16-11-6-12-17(28-13-7-2-1-3-8-13)18(16)21(26)27-23-19(24)14-9-4-5-10-15(14)20(23)25/h1-12H. The Morgan fingerprint density at radius 3 is 2.07 bits per heavy atom. The first kappa shape index (κ1) is 17.9. The largest absolute Gasteiger partial charge is 0.368 e. The highest BCUT2D eigenvalue weighted by molar-refractivity contribution is 7.99. The lowest BCUT2D eigenvalue weighted by Crippen LogP contribution is -2.33. The van der Waals surface area contributed by atoms with Gasteiger partial charge < -0.3 is 4.84 Å². The molecule has 1 aliphatic heterocycles. The average Bonchev–Trinajstić information content (AvgIpc) is 2.94. The number of hydrogen-bond donors (Lipinski definition) is 0. The Balaban J connectivity index is 1.63. The molecule has 0 spiro atoms. The van der Waals surface area contributed by atoms with Gasteiger partial charge in [0.25, 0.3) is 11.8 Å². The van der Waals surface area contributed by atoms with E-state index < -0.39 is 23.6 Å². The first-order valence-corrected chi connectivity index (χ1v) is 9.09. The van der Waals surface area contributed by atoms with E-state index >= 15 is 0 Å². The molecule has 0 unspecified atom stereocenters. The van der Waals surface area contributed by atoms with Crippen molar-refractivity contribution in [1.82, 2.24) is 5.06 Å². The summed E-state index contributed by atoms with van der Waals surface area (Å²) >= 11 is 1.17. The SMILES string of the molecule is O=C(ON1C(=O)c2ccccc2C1=O)c1c(F)cccc1Sc1ccccc1. The van der Waals surface area contributed by atoms with E-state index in [-0.39, 0.29) is 16.7 Å². The molecule has 0 radical (unpaired) electrons. The lowest BCUT2D eigenvalue weighted by molar-refractivity contribution is -0.0590. The first-order valence-electron chi connectivity index (χ1n) is 8.28. The monoisotopic (exact) mass is 393 g/mol. The fraction of sp³-hybridized carbons (Fsp3) is 0. The summed E-state index contributed by atoms with van der Waals surface area (Å²) in [6, 6.07) is 19.4. The van der Waals surface area contributed by atoms with Gasteiger partial charge in [-0.25, -0.2) is 9.18 Å². The second kappa shape index (κ2) is 7.28. The average molecular weight is 393 g/mol. The van der Waals surface area contributed by atoms with Crippen molar-refractivity contribution in [3.8, 4) is 0 Å². The normalized spacial score (nSPS) is 12.8. The molecule has 138 valence electrons. The number of nitrogens with zero attached hydrogens (tertiary/aromatic N) is 1. The zero-order chi connectivity index (χ0) is 19.7. The number of carbonyl (C=O) groups excluding carboxylic acids is 3. The highest BCUT2D eigenvalue weighted by Crippen LogP contribution is 2.32. The van der Waals surface area contributed by atoms with Crippen LogP contribution >= 0.6 is 11.8 Å². The molecule has 0 bridgehead atoms. The lowest BCUT2D eigenvalue weighted by Gasteiger charge is -2.15. The van der Waals surface area contributed by atoms with Gasteiger partial charge in [-0.1, -0.05) is 53.2 Å². The maximum atomic E-state index is 14.4. The number of halogens is 1. The maximum Gasteiger partial charge on any atom is 0.368 e. The fourth-order valence-corrected chi connectivity index (χ4v) is 3.76. The predicted molar refractivity (Wildman–Crippen MR) is 99.3 cm³/mol. The van der Waals surface area contributed by atoms with Crippen molar-refractivity contribution in [3.05, 3.63) is 95.3 Å². The molecular formula is C21H12FNO4S. The number of imide groups is 1. The summed E-state index contributed by atoms with van der Waals surface area (Å²) in [7, 11) is 0. The summed E-state index contributed by atoms with van der Waals surface area (Å²) < 4.78 is 14.4. The molecule has 2 amide bonds. The van der Waals surface area contributed by atoms with Gasteiger partial charge in [0, 0.05) is 9.79 Å². The predicted octanol–water partition coefficient (Wildman–Crippen LogP) is 4.34. The number of fused-ring (bicyclic) bond motifs is 1. The minimum Gasteiger partial charge on any atom is -0.324 e. The van der Waals surface area contributed by atoms with E-state index in [0.29, 0.717) is 9.96 Å². The third kappa shape index (κ3) is 3.16. The van der Waals surface area contributed by atoms with Gasteiger partial charge in [-0.05, 0) is 36.4 Å². The van der Waals surface area contributed by atoms with E-state index in [1.165, 1.54) is 30.0 Å². The van der Waals surface area contributed by atoms with Crippen LogP contribution < -0.4 is 0 Å². The molecule has 0 atom stereocenters. The van der Waals surface area contributed by atoms with Crippen LogP contribution in [0, 0.1) is 5.82 Å². The Morgan fingerprint density at radius 2 is 1.43 bits per heavy atom. The van der Waals surface area contributed by atoms with E-state index in [4.69, 9.17) is 4.84 Å². The zero-order valence-corrected chi connectivity index (χ0v) is 15.1. The van der Waals surface area contributed by atoms with E-state index in [9.17, 15) is 18.8 Å². The molecule has 3 aromatic rings. The smallest absolute Gasteiger partial charge is 0.324 e. The van der Waals surface area contributed by atoms with Gasteiger partial charge in [0.05, 0.1) is 11.1 Å². The zero-order valence-electron chi connectivity index (χ0n) is 14.3. The summed E-state index contributed by atoms with van der Waals surface area (Å²) in [6.45, 7) is 0. The molecule has 0 saturated heterocycles. The molecule has 7 heteroatoms. The molecule has 1 heterocycles. The van der Waals surface area contributed by atoms with Crippen LogP contribution in [0.5, 0.6) is 0 Å². The number of carbonyl (C=O) groups is 3. The Morgan fingerprint density at radius 1 is 0.821 bits per heavy atom. The summed E-state index contributed by atoms with van der Waals surface area (Å²) in [4.78, 5) is 43.5. The van der Waals surface area contributed by atoms with E-state index in [1.54, 1.807) is 18.2 Å². The number of hydroxylamine groups is 2. The third-order valence-electron chi connectivity index (χ3n) is 4.08. The molecular weight excluding hydrogens is 381 g/mol. The molecule has 4 rings (SSSR count). The van der Waals surface area contributed by atoms with Crippen LogP contribution in [0.25, 0.3) is 0 Å². The van der Waals surface area contributed by atoms with Gasteiger partial charge in [0.1, 0.15) is 11.4 Å². The van der Waals surface area contributed by atoms with Crippen molar-refractivity contribution in [1.29, 1.82) is 0 Å². The summed E-state index contributed by atoms with van der Waals surface area (Å²) in [6.07, 6.45) is 0. The third-order valence-corrected chi connectivity index (χ3v) is 5.15. The van der Waals surface area contributed by atoms with Gasteiger partial charge in [-0.15, -0.1) is 0 Å². The highest BCUT2D eigenvalue weighted by Gasteiger charge is 2.39. The Hall–Kier alpha value is -3.45. The van der Waals surface area contributed by atoms with Crippen LogP contribution in [0.4, 0.5) is 4.39 Å². The maximum absolute atomic E-state index is 14.4. The molecule has 0 aliphatic carbocycles. The molecule has 28 heavy (non-hydrogen) atoms. The fourth-order valence-electron chi connectivity index (χ4n) is 2.78. The summed E-state index contributed by atoms with van der Waals surface area (Å²) in [5, 5.41) is 0.371. The number of benzene rings is 3. The van der Waals surface area contributed by atoms with Crippen LogP contribution in [-0.4, -0.2) is 22.8 Å². The Kier molecular flexibility index (Phi) is 4.67. The Labute approximate surface area is 163 Å². The van der Waals surface area contributed by atoms with E-state index in [2.05, 4.69) is 0 Å². The van der Waals surface area contributed by atoms with Gasteiger partial charge >= 0.3 is 5.97 Å². The second-order valence-electron chi connectivity index (χ2n) is 5.86. The summed E-state index contributed by atoms with van der Waals surface area (Å²) in [5.41, 5.74) is -0.0756. The van der Waals surface area contributed by atoms with Gasteiger partial charge in [0.15, 0.2) is 0 Å². The Bertz CT molecular complexity index is 1070. The van der Waals surface area contributed by atoms with Crippen LogP contribution in [0.2, 0.25) is 0 Å². The van der Waals surface area contributed by atoms with Crippen LogP contribution in [-0.2, 0) is 4.84 Å². The van der Waals surface area contributed by atoms with Crippen LogP contribution in [0.3, 0.4) is 0 Å². The van der Waals surface area contributed by atoms with Gasteiger partial charge in [0.2, 0.25) is 0 Å². The molecule has 0 fully saturated rings.